The number of hydrogen-bond acceptors (Lipinski definition) is 5. The molecule has 0 atom stereocenters. The molecule has 1 aromatic rings. The summed E-state index contributed by atoms with van der Waals surface area (Å²) in [4.78, 5) is 13.8. The minimum Gasteiger partial charge on any atom is -0.378 e. The zero-order chi connectivity index (χ0) is 14.8. The molecule has 0 radical (unpaired) electrons. The number of rotatable bonds is 1. The number of ether oxygens (including phenoxy) is 1. The van der Waals surface area contributed by atoms with Gasteiger partial charge in [-0.3, -0.25) is 0 Å². The second kappa shape index (κ2) is 5.60. The summed E-state index contributed by atoms with van der Waals surface area (Å²) in [7, 11) is 0. The highest BCUT2D eigenvalue weighted by atomic mass is 19.2. The fourth-order valence-electron chi connectivity index (χ4n) is 2.08. The van der Waals surface area contributed by atoms with Crippen LogP contribution in [0.25, 0.3) is 0 Å². The third-order valence-corrected chi connectivity index (χ3v) is 3.23. The Bertz CT molecular complexity index is 577. The number of halogens is 2. The first kappa shape index (κ1) is 13.7. The molecule has 2 aliphatic heterocycles. The van der Waals surface area contributed by atoms with Gasteiger partial charge in [0.1, 0.15) is 6.67 Å². The van der Waals surface area contributed by atoms with Crippen LogP contribution in [0.3, 0.4) is 0 Å². The number of amides is 2. The monoisotopic (exact) mass is 297 g/mol. The van der Waals surface area contributed by atoms with Crippen molar-refractivity contribution in [3.05, 3.63) is 29.8 Å². The Kier molecular flexibility index (Phi) is 3.65. The fourth-order valence-corrected chi connectivity index (χ4v) is 2.08. The molecule has 2 heterocycles. The van der Waals surface area contributed by atoms with E-state index in [4.69, 9.17) is 4.74 Å². The molecule has 0 saturated carbocycles. The van der Waals surface area contributed by atoms with Crippen LogP contribution in [0, 0.1) is 11.6 Å². The van der Waals surface area contributed by atoms with Crippen molar-refractivity contribution in [3.63, 3.8) is 0 Å². The Hall–Kier alpha value is -2.29. The van der Waals surface area contributed by atoms with Crippen LogP contribution in [-0.4, -0.2) is 48.9 Å². The predicted octanol–water partition coefficient (Wildman–Crippen LogP) is 1.78. The average molecular weight is 297 g/mol. The lowest BCUT2D eigenvalue weighted by molar-refractivity contribution is 0.0443. The van der Waals surface area contributed by atoms with Gasteiger partial charge >= 0.3 is 6.03 Å². The van der Waals surface area contributed by atoms with Crippen molar-refractivity contribution in [3.8, 4) is 0 Å². The average Bonchev–Trinajstić information content (AvgIpc) is 3.00. The lowest BCUT2D eigenvalue weighted by Gasteiger charge is -2.28. The maximum Gasteiger partial charge on any atom is 0.343 e. The summed E-state index contributed by atoms with van der Waals surface area (Å²) in [6.07, 6.45) is 0. The number of hydrogen-bond donors (Lipinski definition) is 0. The van der Waals surface area contributed by atoms with E-state index in [0.717, 1.165) is 12.1 Å². The SMILES string of the molecule is O=C(N1CCOCC1)N1CN(c2ccc(F)c(F)c2)N=N1. The molecule has 0 aliphatic carbocycles. The topological polar surface area (TPSA) is 60.7 Å². The van der Waals surface area contributed by atoms with Crippen LogP contribution in [0.1, 0.15) is 0 Å². The summed E-state index contributed by atoms with van der Waals surface area (Å²) < 4.78 is 31.3. The number of anilines is 1. The smallest absolute Gasteiger partial charge is 0.343 e. The third kappa shape index (κ3) is 2.77. The van der Waals surface area contributed by atoms with E-state index in [1.807, 2.05) is 0 Å². The van der Waals surface area contributed by atoms with Crippen molar-refractivity contribution in [2.75, 3.05) is 38.0 Å². The molecule has 112 valence electrons. The van der Waals surface area contributed by atoms with Gasteiger partial charge < -0.3 is 9.64 Å². The minimum atomic E-state index is -0.972. The molecule has 1 saturated heterocycles. The minimum absolute atomic E-state index is 0.0568. The second-order valence-electron chi connectivity index (χ2n) is 4.60. The molecule has 0 aromatic heterocycles. The van der Waals surface area contributed by atoms with Gasteiger partial charge in [0.15, 0.2) is 11.6 Å². The molecule has 1 fully saturated rings. The van der Waals surface area contributed by atoms with E-state index in [1.165, 1.54) is 16.1 Å². The van der Waals surface area contributed by atoms with Gasteiger partial charge in [0.2, 0.25) is 0 Å². The van der Waals surface area contributed by atoms with Crippen LogP contribution < -0.4 is 5.01 Å². The van der Waals surface area contributed by atoms with Crippen LogP contribution >= 0.6 is 0 Å². The molecule has 7 nitrogen and oxygen atoms in total. The van der Waals surface area contributed by atoms with E-state index in [1.54, 1.807) is 4.90 Å². The van der Waals surface area contributed by atoms with E-state index in [9.17, 15) is 13.6 Å². The van der Waals surface area contributed by atoms with E-state index in [2.05, 4.69) is 10.4 Å². The van der Waals surface area contributed by atoms with Crippen molar-refractivity contribution in [1.29, 1.82) is 0 Å². The van der Waals surface area contributed by atoms with Crippen LogP contribution in [0.4, 0.5) is 19.3 Å². The maximum absolute atomic E-state index is 13.2. The number of carbonyl (C=O) groups is 1. The van der Waals surface area contributed by atoms with Crippen molar-refractivity contribution in [2.45, 2.75) is 0 Å². The number of benzene rings is 1. The van der Waals surface area contributed by atoms with Gasteiger partial charge in [-0.25, -0.2) is 18.6 Å². The lowest BCUT2D eigenvalue weighted by atomic mass is 10.3. The normalized spacial score (nSPS) is 18.5. The molecular weight excluding hydrogens is 284 g/mol. The van der Waals surface area contributed by atoms with Crippen LogP contribution in [0.15, 0.2) is 28.6 Å². The van der Waals surface area contributed by atoms with Gasteiger partial charge in [-0.1, -0.05) is 0 Å². The highest BCUT2D eigenvalue weighted by Crippen LogP contribution is 2.22. The van der Waals surface area contributed by atoms with Crippen molar-refractivity contribution in [1.82, 2.24) is 9.91 Å². The van der Waals surface area contributed by atoms with Gasteiger partial charge in [-0.2, -0.15) is 5.01 Å². The van der Waals surface area contributed by atoms with E-state index < -0.39 is 11.6 Å². The fraction of sp³-hybridized carbons (Fsp3) is 0.417. The molecule has 9 heteroatoms. The Balaban J connectivity index is 1.66. The first-order valence-electron chi connectivity index (χ1n) is 6.43. The Morgan fingerprint density at radius 3 is 2.62 bits per heavy atom. The first-order chi connectivity index (χ1) is 10.1. The summed E-state index contributed by atoms with van der Waals surface area (Å²) in [5.41, 5.74) is 0.329. The summed E-state index contributed by atoms with van der Waals surface area (Å²) in [6, 6.07) is 3.11. The van der Waals surface area contributed by atoms with E-state index in [0.29, 0.717) is 32.0 Å². The molecule has 0 spiro atoms. The molecule has 2 aliphatic rings. The van der Waals surface area contributed by atoms with Gasteiger partial charge in [0, 0.05) is 19.2 Å². The van der Waals surface area contributed by atoms with Crippen LogP contribution in [0.2, 0.25) is 0 Å². The summed E-state index contributed by atoms with van der Waals surface area (Å²) >= 11 is 0. The van der Waals surface area contributed by atoms with Crippen molar-refractivity contribution < 1.29 is 18.3 Å². The number of urea groups is 1. The zero-order valence-electron chi connectivity index (χ0n) is 11.1. The highest BCUT2D eigenvalue weighted by Gasteiger charge is 2.28. The second-order valence-corrected chi connectivity index (χ2v) is 4.60. The van der Waals surface area contributed by atoms with Crippen molar-refractivity contribution in [2.24, 2.45) is 10.4 Å². The molecule has 1 aromatic carbocycles. The highest BCUT2D eigenvalue weighted by molar-refractivity contribution is 5.74. The zero-order valence-corrected chi connectivity index (χ0v) is 11.1. The van der Waals surface area contributed by atoms with E-state index in [-0.39, 0.29) is 12.7 Å². The largest absolute Gasteiger partial charge is 0.378 e. The number of nitrogens with zero attached hydrogens (tertiary/aromatic N) is 5. The number of morpholine rings is 1. The summed E-state index contributed by atoms with van der Waals surface area (Å²) in [6.45, 7) is 2.03. The Morgan fingerprint density at radius 2 is 1.90 bits per heavy atom. The van der Waals surface area contributed by atoms with Crippen LogP contribution in [-0.2, 0) is 4.74 Å². The van der Waals surface area contributed by atoms with Crippen LogP contribution in [0.5, 0.6) is 0 Å². The molecule has 2 amide bonds. The maximum atomic E-state index is 13.2. The van der Waals surface area contributed by atoms with Gasteiger partial charge in [-0.05, 0) is 22.6 Å². The Labute approximate surface area is 119 Å². The van der Waals surface area contributed by atoms with Gasteiger partial charge in [0.25, 0.3) is 0 Å². The van der Waals surface area contributed by atoms with E-state index >= 15 is 0 Å². The predicted molar refractivity (Wildman–Crippen MR) is 68.2 cm³/mol. The standard InChI is InChI=1S/C12H13F2N5O2/c13-10-2-1-9(7-11(10)14)18-8-19(16-15-18)12(20)17-3-5-21-6-4-17/h1-2,7H,3-6,8H2. The van der Waals surface area contributed by atoms with Gasteiger partial charge in [0.05, 0.1) is 18.9 Å². The van der Waals surface area contributed by atoms with Gasteiger partial charge in [-0.15, -0.1) is 0 Å². The Morgan fingerprint density at radius 1 is 1.14 bits per heavy atom. The molecule has 21 heavy (non-hydrogen) atoms. The molecule has 3 rings (SSSR count). The third-order valence-electron chi connectivity index (χ3n) is 3.23. The molecule has 0 unspecified atom stereocenters. The summed E-state index contributed by atoms with van der Waals surface area (Å²) in [5, 5.41) is 10.0. The molecular formula is C12H13F2N5O2. The quantitative estimate of drug-likeness (QED) is 0.794. The number of carbonyl (C=O) groups excluding carboxylic acids is 1. The molecule has 0 N–H and O–H groups in total. The molecule has 0 bridgehead atoms. The van der Waals surface area contributed by atoms with Crippen molar-refractivity contribution >= 4 is 11.7 Å². The lowest BCUT2D eigenvalue weighted by Crippen LogP contribution is -2.47. The first-order valence-corrected chi connectivity index (χ1v) is 6.43. The summed E-state index contributed by atoms with van der Waals surface area (Å²) in [5.74, 6) is -1.91.